The van der Waals surface area contributed by atoms with Gasteiger partial charge in [-0.25, -0.2) is 9.55 Å². The van der Waals surface area contributed by atoms with Crippen molar-refractivity contribution in [3.8, 4) is 5.69 Å². The van der Waals surface area contributed by atoms with Crippen molar-refractivity contribution in [2.24, 2.45) is 0 Å². The smallest absolute Gasteiger partial charge is 0.246 e. The van der Waals surface area contributed by atoms with Crippen LogP contribution in [0.25, 0.3) is 5.69 Å². The maximum atomic E-state index is 5.56. The van der Waals surface area contributed by atoms with Gasteiger partial charge in [-0.05, 0) is 24.3 Å². The van der Waals surface area contributed by atoms with Crippen LogP contribution in [0.4, 0.5) is 5.69 Å². The Morgan fingerprint density at radius 3 is 2.50 bits per heavy atom. The zero-order valence-electron chi connectivity index (χ0n) is 6.57. The number of aromatic nitrogens is 2. The third kappa shape index (κ3) is 1.16. The molecular weight excluding hydrogens is 150 g/mol. The number of imidazole rings is 1. The van der Waals surface area contributed by atoms with E-state index in [0.29, 0.717) is 0 Å². The van der Waals surface area contributed by atoms with Crippen molar-refractivity contribution >= 4 is 5.69 Å². The zero-order valence-corrected chi connectivity index (χ0v) is 6.57. The second-order valence-electron chi connectivity index (χ2n) is 2.61. The summed E-state index contributed by atoms with van der Waals surface area (Å²) >= 11 is 0. The first-order chi connectivity index (χ1) is 5.86. The van der Waals surface area contributed by atoms with Gasteiger partial charge in [0, 0.05) is 5.69 Å². The lowest BCUT2D eigenvalue weighted by Crippen LogP contribution is -2.26. The van der Waals surface area contributed by atoms with Crippen LogP contribution >= 0.6 is 0 Å². The summed E-state index contributed by atoms with van der Waals surface area (Å²) in [6, 6.07) is 7.72. The highest BCUT2D eigenvalue weighted by Crippen LogP contribution is 2.03. The number of nitrogens with two attached hydrogens (primary N) is 1. The second-order valence-corrected chi connectivity index (χ2v) is 2.61. The minimum atomic E-state index is 0.787. The fourth-order valence-corrected chi connectivity index (χ4v) is 1.10. The molecule has 3 N–H and O–H groups in total. The molecule has 60 valence electrons. The molecule has 0 bridgehead atoms. The molecule has 0 saturated heterocycles. The van der Waals surface area contributed by atoms with Crippen molar-refractivity contribution in [1.82, 2.24) is 4.98 Å². The van der Waals surface area contributed by atoms with E-state index >= 15 is 0 Å². The van der Waals surface area contributed by atoms with Gasteiger partial charge in [-0.2, -0.15) is 0 Å². The second kappa shape index (κ2) is 2.70. The average Bonchev–Trinajstić information content (AvgIpc) is 2.58. The number of nitrogens with zero attached hydrogens (tertiary/aromatic N) is 1. The Labute approximate surface area is 70.5 Å². The number of H-pyrrole nitrogens is 1. The van der Waals surface area contributed by atoms with Crippen molar-refractivity contribution in [2.75, 3.05) is 5.73 Å². The minimum absolute atomic E-state index is 0.787. The lowest BCUT2D eigenvalue weighted by molar-refractivity contribution is -0.594. The molecule has 0 fully saturated rings. The van der Waals surface area contributed by atoms with Gasteiger partial charge in [0.15, 0.2) is 0 Å². The topological polar surface area (TPSA) is 45.7 Å². The van der Waals surface area contributed by atoms with Crippen LogP contribution in [0.1, 0.15) is 0 Å². The summed E-state index contributed by atoms with van der Waals surface area (Å²) in [7, 11) is 0. The van der Waals surface area contributed by atoms with E-state index in [-0.39, 0.29) is 0 Å². The van der Waals surface area contributed by atoms with Gasteiger partial charge in [-0.1, -0.05) is 0 Å². The molecule has 0 atom stereocenters. The minimum Gasteiger partial charge on any atom is -0.399 e. The van der Waals surface area contributed by atoms with Crippen molar-refractivity contribution in [2.45, 2.75) is 0 Å². The molecule has 0 aliphatic heterocycles. The SMILES string of the molecule is Nc1ccc(-[n+]2cc[nH]c2)cc1. The highest BCUT2D eigenvalue weighted by atomic mass is 15.0. The van der Waals surface area contributed by atoms with Crippen LogP contribution in [0.2, 0.25) is 0 Å². The quantitative estimate of drug-likeness (QED) is 0.472. The predicted octanol–water partition coefficient (Wildman–Crippen LogP) is 0.874. The van der Waals surface area contributed by atoms with Gasteiger partial charge < -0.3 is 5.73 Å². The van der Waals surface area contributed by atoms with Crippen molar-refractivity contribution in [3.05, 3.63) is 43.0 Å². The van der Waals surface area contributed by atoms with Gasteiger partial charge in [0.05, 0.1) is 0 Å². The number of rotatable bonds is 1. The van der Waals surface area contributed by atoms with E-state index in [1.54, 1.807) is 0 Å². The Hall–Kier alpha value is -1.77. The number of hydrogen-bond acceptors (Lipinski definition) is 1. The number of hydrogen-bond donors (Lipinski definition) is 2. The molecule has 2 aromatic rings. The summed E-state index contributed by atoms with van der Waals surface area (Å²) in [6.07, 6.45) is 5.70. The van der Waals surface area contributed by atoms with Crippen LogP contribution in [-0.2, 0) is 0 Å². The summed E-state index contributed by atoms with van der Waals surface area (Å²) in [5.41, 5.74) is 7.45. The first kappa shape index (κ1) is 6.91. The molecule has 0 spiro atoms. The molecule has 1 heterocycles. The van der Waals surface area contributed by atoms with Crippen molar-refractivity contribution < 1.29 is 4.57 Å². The van der Waals surface area contributed by atoms with Crippen LogP contribution in [0, 0.1) is 0 Å². The van der Waals surface area contributed by atoms with E-state index in [0.717, 1.165) is 11.4 Å². The van der Waals surface area contributed by atoms with Gasteiger partial charge in [0.25, 0.3) is 0 Å². The number of nitrogen functional groups attached to an aromatic ring is 1. The van der Waals surface area contributed by atoms with Crippen molar-refractivity contribution in [1.29, 1.82) is 0 Å². The third-order valence-corrected chi connectivity index (χ3v) is 1.74. The van der Waals surface area contributed by atoms with Gasteiger partial charge in [0.1, 0.15) is 18.1 Å². The highest BCUT2D eigenvalue weighted by molar-refractivity contribution is 5.41. The molecule has 2 rings (SSSR count). The van der Waals surface area contributed by atoms with E-state index in [2.05, 4.69) is 4.98 Å². The van der Waals surface area contributed by atoms with Gasteiger partial charge >= 0.3 is 0 Å². The summed E-state index contributed by atoms with van der Waals surface area (Å²) in [4.78, 5) is 2.97. The number of aromatic amines is 1. The lowest BCUT2D eigenvalue weighted by Gasteiger charge is -1.94. The summed E-state index contributed by atoms with van der Waals surface area (Å²) in [5.74, 6) is 0. The normalized spacial score (nSPS) is 10.0. The molecular formula is C9H10N3+. The number of anilines is 1. The number of nitrogens with one attached hydrogen (secondary N) is 1. The maximum Gasteiger partial charge on any atom is 0.246 e. The molecule has 0 saturated carbocycles. The zero-order chi connectivity index (χ0) is 8.39. The molecule has 1 aromatic carbocycles. The van der Waals surface area contributed by atoms with E-state index in [9.17, 15) is 0 Å². The summed E-state index contributed by atoms with van der Waals surface area (Å²) in [5, 5.41) is 0. The number of benzene rings is 1. The van der Waals surface area contributed by atoms with E-state index < -0.39 is 0 Å². The first-order valence-corrected chi connectivity index (χ1v) is 3.76. The molecule has 3 nitrogen and oxygen atoms in total. The lowest BCUT2D eigenvalue weighted by atomic mass is 10.3. The predicted molar refractivity (Wildman–Crippen MR) is 46.7 cm³/mol. The third-order valence-electron chi connectivity index (χ3n) is 1.74. The van der Waals surface area contributed by atoms with E-state index in [1.165, 1.54) is 0 Å². The van der Waals surface area contributed by atoms with Crippen LogP contribution in [0.3, 0.4) is 0 Å². The van der Waals surface area contributed by atoms with Crippen LogP contribution in [0.5, 0.6) is 0 Å². The van der Waals surface area contributed by atoms with E-state index in [4.69, 9.17) is 5.73 Å². The molecule has 0 aliphatic carbocycles. The Kier molecular flexibility index (Phi) is 1.55. The molecule has 0 unspecified atom stereocenters. The molecule has 0 amide bonds. The molecule has 12 heavy (non-hydrogen) atoms. The molecule has 0 radical (unpaired) electrons. The fraction of sp³-hybridized carbons (Fsp3) is 0. The highest BCUT2D eigenvalue weighted by Gasteiger charge is 1.99. The van der Waals surface area contributed by atoms with Crippen molar-refractivity contribution in [3.63, 3.8) is 0 Å². The first-order valence-electron chi connectivity index (χ1n) is 3.76. The van der Waals surface area contributed by atoms with Crippen LogP contribution in [-0.4, -0.2) is 4.98 Å². The Balaban J connectivity index is 2.43. The van der Waals surface area contributed by atoms with Gasteiger partial charge in [-0.15, -0.1) is 0 Å². The van der Waals surface area contributed by atoms with Gasteiger partial charge in [-0.3, -0.25) is 0 Å². The van der Waals surface area contributed by atoms with E-state index in [1.807, 2.05) is 47.6 Å². The van der Waals surface area contributed by atoms with Crippen LogP contribution < -0.4 is 10.3 Å². The maximum absolute atomic E-state index is 5.56. The largest absolute Gasteiger partial charge is 0.399 e. The average molecular weight is 160 g/mol. The van der Waals surface area contributed by atoms with Crippen LogP contribution in [0.15, 0.2) is 43.0 Å². The monoisotopic (exact) mass is 160 g/mol. The summed E-state index contributed by atoms with van der Waals surface area (Å²) in [6.45, 7) is 0. The fourth-order valence-electron chi connectivity index (χ4n) is 1.10. The van der Waals surface area contributed by atoms with Gasteiger partial charge in [0.2, 0.25) is 6.33 Å². The summed E-state index contributed by atoms with van der Waals surface area (Å²) < 4.78 is 1.99. The molecule has 0 aliphatic rings. The Bertz CT molecular complexity index is 348. The standard InChI is InChI=1S/C9H9N3/c10-8-1-3-9(4-2-8)12-6-5-11-7-12/h1-7H,10H2/p+1. The molecule has 3 heteroatoms. The Morgan fingerprint density at radius 2 is 1.92 bits per heavy atom. The Morgan fingerprint density at radius 1 is 1.17 bits per heavy atom. The molecule has 1 aromatic heterocycles.